The summed E-state index contributed by atoms with van der Waals surface area (Å²) >= 11 is 0. The van der Waals surface area contributed by atoms with Crippen LogP contribution in [-0.2, 0) is 7.05 Å². The first-order chi connectivity index (χ1) is 9.15. The average molecular weight is 265 g/mol. The Morgan fingerprint density at radius 3 is 2.79 bits per heavy atom. The van der Waals surface area contributed by atoms with Crippen LogP contribution < -0.4 is 5.32 Å². The Kier molecular flexibility index (Phi) is 4.27. The Morgan fingerprint density at radius 1 is 1.37 bits per heavy atom. The normalized spacial score (nSPS) is 12.6. The first kappa shape index (κ1) is 13.7. The molecular formula is C14H17F2N3. The number of aromatic nitrogens is 2. The molecule has 1 aromatic carbocycles. The number of hydrogen-bond acceptors (Lipinski definition) is 2. The highest BCUT2D eigenvalue weighted by atomic mass is 19.2. The van der Waals surface area contributed by atoms with Crippen molar-refractivity contribution < 1.29 is 8.78 Å². The van der Waals surface area contributed by atoms with Gasteiger partial charge in [-0.25, -0.2) is 13.8 Å². The summed E-state index contributed by atoms with van der Waals surface area (Å²) < 4.78 is 29.1. The summed E-state index contributed by atoms with van der Waals surface area (Å²) in [6.07, 6.45) is 4.22. The Morgan fingerprint density at radius 2 is 2.16 bits per heavy atom. The molecule has 2 aromatic rings. The van der Waals surface area contributed by atoms with Crippen LogP contribution in [0.3, 0.4) is 0 Å². The van der Waals surface area contributed by atoms with Crippen molar-refractivity contribution in [3.63, 3.8) is 0 Å². The van der Waals surface area contributed by atoms with Crippen molar-refractivity contribution >= 4 is 0 Å². The van der Waals surface area contributed by atoms with E-state index in [-0.39, 0.29) is 0 Å². The van der Waals surface area contributed by atoms with Crippen LogP contribution in [0.5, 0.6) is 0 Å². The van der Waals surface area contributed by atoms with Gasteiger partial charge in [-0.15, -0.1) is 0 Å². The molecule has 0 fully saturated rings. The van der Waals surface area contributed by atoms with Crippen LogP contribution >= 0.6 is 0 Å². The third-order valence-corrected chi connectivity index (χ3v) is 3.04. The molecule has 0 radical (unpaired) electrons. The molecule has 0 aliphatic rings. The van der Waals surface area contributed by atoms with Gasteiger partial charge in [0, 0.05) is 12.6 Å². The zero-order valence-corrected chi connectivity index (χ0v) is 11.0. The Bertz CT molecular complexity index is 551. The lowest BCUT2D eigenvalue weighted by Gasteiger charge is -2.20. The molecule has 1 aromatic heterocycles. The number of rotatable bonds is 5. The standard InChI is InChI=1S/C14H17F2N3/c1-3-7-18-14(12-8-17-9-19(12)2)10-5-4-6-11(15)13(10)16/h4-6,8-9,14,18H,3,7H2,1-2H3. The molecule has 0 aliphatic heterocycles. The number of halogens is 2. The van der Waals surface area contributed by atoms with Crippen molar-refractivity contribution in [3.8, 4) is 0 Å². The zero-order chi connectivity index (χ0) is 13.8. The van der Waals surface area contributed by atoms with Crippen molar-refractivity contribution in [1.29, 1.82) is 0 Å². The van der Waals surface area contributed by atoms with E-state index in [1.165, 1.54) is 6.07 Å². The number of nitrogens with zero attached hydrogens (tertiary/aromatic N) is 2. The molecule has 1 N–H and O–H groups in total. The molecule has 1 unspecified atom stereocenters. The van der Waals surface area contributed by atoms with E-state index in [9.17, 15) is 8.78 Å². The summed E-state index contributed by atoms with van der Waals surface area (Å²) in [5.41, 5.74) is 1.11. The zero-order valence-electron chi connectivity index (χ0n) is 11.0. The quantitative estimate of drug-likeness (QED) is 0.901. The largest absolute Gasteiger partial charge is 0.336 e. The molecular weight excluding hydrogens is 248 g/mol. The summed E-state index contributed by atoms with van der Waals surface area (Å²) in [6.45, 7) is 2.74. The van der Waals surface area contributed by atoms with Gasteiger partial charge in [-0.1, -0.05) is 19.1 Å². The van der Waals surface area contributed by atoms with Crippen LogP contribution in [-0.4, -0.2) is 16.1 Å². The van der Waals surface area contributed by atoms with Crippen molar-refractivity contribution in [2.24, 2.45) is 7.05 Å². The second kappa shape index (κ2) is 5.93. The second-order valence-electron chi connectivity index (χ2n) is 4.46. The van der Waals surface area contributed by atoms with Crippen LogP contribution in [0.1, 0.15) is 30.6 Å². The van der Waals surface area contributed by atoms with Gasteiger partial charge < -0.3 is 9.88 Å². The van der Waals surface area contributed by atoms with Gasteiger partial charge in [-0.2, -0.15) is 0 Å². The van der Waals surface area contributed by atoms with Gasteiger partial charge in [0.15, 0.2) is 11.6 Å². The molecule has 1 heterocycles. The van der Waals surface area contributed by atoms with Gasteiger partial charge in [-0.05, 0) is 19.0 Å². The molecule has 0 bridgehead atoms. The van der Waals surface area contributed by atoms with E-state index in [1.807, 2.05) is 14.0 Å². The summed E-state index contributed by atoms with van der Waals surface area (Å²) in [5, 5.41) is 3.23. The predicted molar refractivity (Wildman–Crippen MR) is 69.7 cm³/mol. The first-order valence-corrected chi connectivity index (χ1v) is 6.28. The van der Waals surface area contributed by atoms with E-state index in [2.05, 4.69) is 10.3 Å². The minimum Gasteiger partial charge on any atom is -0.336 e. The van der Waals surface area contributed by atoms with Crippen LogP contribution in [0.25, 0.3) is 0 Å². The highest BCUT2D eigenvalue weighted by molar-refractivity contribution is 5.29. The summed E-state index contributed by atoms with van der Waals surface area (Å²) in [7, 11) is 1.83. The molecule has 0 saturated carbocycles. The van der Waals surface area contributed by atoms with Crippen molar-refractivity contribution in [2.45, 2.75) is 19.4 Å². The smallest absolute Gasteiger partial charge is 0.163 e. The second-order valence-corrected chi connectivity index (χ2v) is 4.46. The van der Waals surface area contributed by atoms with Crippen LogP contribution in [0.4, 0.5) is 8.78 Å². The predicted octanol–water partition coefficient (Wildman–Crippen LogP) is 2.79. The third-order valence-electron chi connectivity index (χ3n) is 3.04. The van der Waals surface area contributed by atoms with Gasteiger partial charge in [0.05, 0.1) is 24.3 Å². The maximum absolute atomic E-state index is 14.0. The van der Waals surface area contributed by atoms with Crippen molar-refractivity contribution in [2.75, 3.05) is 6.54 Å². The van der Waals surface area contributed by atoms with Gasteiger partial charge in [-0.3, -0.25) is 0 Å². The molecule has 2 rings (SSSR count). The fraction of sp³-hybridized carbons (Fsp3) is 0.357. The van der Waals surface area contributed by atoms with E-state index in [0.29, 0.717) is 12.1 Å². The fourth-order valence-corrected chi connectivity index (χ4v) is 2.05. The number of hydrogen-bond donors (Lipinski definition) is 1. The maximum atomic E-state index is 14.0. The van der Waals surface area contributed by atoms with E-state index in [4.69, 9.17) is 0 Å². The summed E-state index contributed by atoms with van der Waals surface area (Å²) in [5.74, 6) is -1.64. The number of benzene rings is 1. The maximum Gasteiger partial charge on any atom is 0.163 e. The number of nitrogens with one attached hydrogen (secondary N) is 1. The molecule has 1 atom stereocenters. The summed E-state index contributed by atoms with van der Waals surface area (Å²) in [4.78, 5) is 4.04. The molecule has 0 aliphatic carbocycles. The highest BCUT2D eigenvalue weighted by Crippen LogP contribution is 2.25. The van der Waals surface area contributed by atoms with Gasteiger partial charge in [0.2, 0.25) is 0 Å². The van der Waals surface area contributed by atoms with Gasteiger partial charge in [0.1, 0.15) is 0 Å². The van der Waals surface area contributed by atoms with Gasteiger partial charge in [0.25, 0.3) is 0 Å². The lowest BCUT2D eigenvalue weighted by Crippen LogP contribution is -2.26. The minimum absolute atomic E-state index is 0.303. The molecule has 5 heteroatoms. The molecule has 0 saturated heterocycles. The average Bonchev–Trinajstić information content (AvgIpc) is 2.81. The Labute approximate surface area is 111 Å². The number of aryl methyl sites for hydroxylation is 1. The third kappa shape index (κ3) is 2.81. The van der Waals surface area contributed by atoms with Gasteiger partial charge >= 0.3 is 0 Å². The monoisotopic (exact) mass is 265 g/mol. The lowest BCUT2D eigenvalue weighted by molar-refractivity contribution is 0.475. The van der Waals surface area contributed by atoms with Crippen molar-refractivity contribution in [3.05, 3.63) is 53.6 Å². The molecule has 0 amide bonds. The topological polar surface area (TPSA) is 29.9 Å². The van der Waals surface area contributed by atoms with E-state index >= 15 is 0 Å². The lowest BCUT2D eigenvalue weighted by atomic mass is 10.0. The first-order valence-electron chi connectivity index (χ1n) is 6.28. The van der Waals surface area contributed by atoms with Crippen molar-refractivity contribution in [1.82, 2.24) is 14.9 Å². The summed E-state index contributed by atoms with van der Waals surface area (Å²) in [6, 6.07) is 3.84. The molecule has 19 heavy (non-hydrogen) atoms. The Balaban J connectivity index is 2.43. The Hall–Kier alpha value is -1.75. The number of imidazole rings is 1. The molecule has 102 valence electrons. The molecule has 0 spiro atoms. The highest BCUT2D eigenvalue weighted by Gasteiger charge is 2.21. The minimum atomic E-state index is -0.831. The van der Waals surface area contributed by atoms with E-state index in [1.54, 1.807) is 23.2 Å². The van der Waals surface area contributed by atoms with Crippen LogP contribution in [0.2, 0.25) is 0 Å². The van der Waals surface area contributed by atoms with E-state index in [0.717, 1.165) is 18.2 Å². The van der Waals surface area contributed by atoms with E-state index < -0.39 is 17.7 Å². The van der Waals surface area contributed by atoms with Crippen LogP contribution in [0, 0.1) is 11.6 Å². The molecule has 3 nitrogen and oxygen atoms in total. The SMILES string of the molecule is CCCNC(c1cccc(F)c1F)c1cncn1C. The van der Waals surface area contributed by atoms with Crippen LogP contribution in [0.15, 0.2) is 30.7 Å². The fourth-order valence-electron chi connectivity index (χ4n) is 2.05.